The summed E-state index contributed by atoms with van der Waals surface area (Å²) in [5.41, 5.74) is 0.480. The minimum atomic E-state index is -0.273. The highest BCUT2D eigenvalue weighted by Gasteiger charge is 2.42. The van der Waals surface area contributed by atoms with E-state index in [1.807, 2.05) is 58.0 Å². The number of hydrogen-bond donors (Lipinski definition) is 0. The third kappa shape index (κ3) is 9.51. The molecule has 0 aliphatic carbocycles. The lowest BCUT2D eigenvalue weighted by Crippen LogP contribution is -2.40. The molecule has 0 N–H and O–H groups in total. The van der Waals surface area contributed by atoms with Crippen molar-refractivity contribution in [3.63, 3.8) is 0 Å². The topological polar surface area (TPSA) is 38.8 Å². The highest BCUT2D eigenvalue weighted by atomic mass is 16.6. The average Bonchev–Trinajstić information content (AvgIpc) is 3.13. The third-order valence-corrected chi connectivity index (χ3v) is 5.15. The lowest BCUT2D eigenvalue weighted by Gasteiger charge is -2.34. The van der Waals surface area contributed by atoms with Gasteiger partial charge < -0.3 is 9.47 Å². The monoisotopic (exact) mass is 421 g/mol. The molecule has 174 valence electrons. The Labute approximate surface area is 186 Å². The molecule has 0 bridgehead atoms. The van der Waals surface area contributed by atoms with Crippen molar-refractivity contribution in [1.82, 2.24) is 0 Å². The van der Waals surface area contributed by atoms with Gasteiger partial charge in [0, 0.05) is 11.1 Å². The molecule has 1 aliphatic rings. The number of carbonyl (C=O) groups excluding carboxylic acids is 1. The number of amides is 1. The molecule has 0 aromatic heterocycles. The largest absolute Gasteiger partial charge is 0.443 e. The van der Waals surface area contributed by atoms with Crippen LogP contribution in [0.3, 0.4) is 0 Å². The summed E-state index contributed by atoms with van der Waals surface area (Å²) in [6, 6.07) is 9.69. The van der Waals surface area contributed by atoms with Crippen molar-refractivity contribution in [3.8, 4) is 0 Å². The number of cyclic esters (lactones) is 1. The molecule has 2 rings (SSSR count). The summed E-state index contributed by atoms with van der Waals surface area (Å²) in [5.74, 6) is 0.726. The number of carbonyl (C=O) groups is 1. The van der Waals surface area contributed by atoms with E-state index in [9.17, 15) is 4.79 Å². The van der Waals surface area contributed by atoms with E-state index in [4.69, 9.17) is 9.47 Å². The molecule has 1 saturated heterocycles. The second-order valence-electron chi connectivity index (χ2n) is 9.14. The zero-order valence-electron chi connectivity index (χ0n) is 21.2. The molecule has 0 saturated carbocycles. The highest BCUT2D eigenvalue weighted by Crippen LogP contribution is 2.33. The SMILES string of the molecule is CC.CC.CC(C)CCCC(C)(C)OCC(C)(C)C1CN(c2ccccc2)C(=O)O1. The fraction of sp³-hybridized carbons (Fsp3) is 0.731. The van der Waals surface area contributed by atoms with Gasteiger partial charge in [-0.25, -0.2) is 4.79 Å². The first-order valence-electron chi connectivity index (χ1n) is 11.8. The summed E-state index contributed by atoms with van der Waals surface area (Å²) < 4.78 is 11.9. The van der Waals surface area contributed by atoms with Crippen molar-refractivity contribution >= 4 is 11.8 Å². The summed E-state index contributed by atoms with van der Waals surface area (Å²) in [7, 11) is 0. The maximum atomic E-state index is 12.3. The molecule has 0 radical (unpaired) electrons. The van der Waals surface area contributed by atoms with Gasteiger partial charge in [-0.1, -0.05) is 86.4 Å². The first-order chi connectivity index (χ1) is 14.1. The lowest BCUT2D eigenvalue weighted by molar-refractivity contribution is -0.0860. The van der Waals surface area contributed by atoms with Crippen LogP contribution in [0.1, 0.15) is 88.5 Å². The van der Waals surface area contributed by atoms with E-state index in [2.05, 4.69) is 41.5 Å². The molecule has 1 aliphatic heterocycles. The van der Waals surface area contributed by atoms with Crippen molar-refractivity contribution in [3.05, 3.63) is 30.3 Å². The van der Waals surface area contributed by atoms with Crippen LogP contribution < -0.4 is 4.90 Å². The molecule has 4 nitrogen and oxygen atoms in total. The summed E-state index contributed by atoms with van der Waals surface area (Å²) >= 11 is 0. The fourth-order valence-electron chi connectivity index (χ4n) is 3.17. The molecule has 1 aromatic rings. The number of ether oxygens (including phenoxy) is 2. The van der Waals surface area contributed by atoms with E-state index < -0.39 is 0 Å². The molecule has 1 heterocycles. The standard InChI is InChI=1S/C22H35NO3.2C2H6/c1-17(2)11-10-14-22(5,6)25-16-21(3,4)19-15-23(20(24)26-19)18-12-8-7-9-13-18;2*1-2/h7-9,12-13,17,19H,10-11,14-16H2,1-6H3;2*1-2H3. The number of hydrogen-bond acceptors (Lipinski definition) is 3. The number of para-hydroxylation sites is 1. The van der Waals surface area contributed by atoms with E-state index in [0.29, 0.717) is 13.2 Å². The molecule has 1 fully saturated rings. The second kappa shape index (κ2) is 13.7. The molecule has 4 heteroatoms. The summed E-state index contributed by atoms with van der Waals surface area (Å²) in [6.07, 6.45) is 2.99. The van der Waals surface area contributed by atoms with Crippen LogP contribution in [0.4, 0.5) is 10.5 Å². The third-order valence-electron chi connectivity index (χ3n) is 5.15. The van der Waals surface area contributed by atoms with Crippen LogP contribution in [0.5, 0.6) is 0 Å². The summed E-state index contributed by atoms with van der Waals surface area (Å²) in [4.78, 5) is 14.0. The molecule has 1 aromatic carbocycles. The van der Waals surface area contributed by atoms with E-state index in [0.717, 1.165) is 18.0 Å². The molecule has 1 amide bonds. The zero-order valence-corrected chi connectivity index (χ0v) is 21.2. The van der Waals surface area contributed by atoms with Gasteiger partial charge in [-0.05, 0) is 38.3 Å². The average molecular weight is 422 g/mol. The number of nitrogens with zero attached hydrogens (tertiary/aromatic N) is 1. The van der Waals surface area contributed by atoms with E-state index in [1.54, 1.807) is 4.90 Å². The Morgan fingerprint density at radius 1 is 1.07 bits per heavy atom. The normalized spacial score (nSPS) is 16.4. The number of rotatable bonds is 9. The predicted octanol–water partition coefficient (Wildman–Crippen LogP) is 7.71. The van der Waals surface area contributed by atoms with Crippen molar-refractivity contribution in [2.75, 3.05) is 18.1 Å². The van der Waals surface area contributed by atoms with Gasteiger partial charge in [-0.3, -0.25) is 4.90 Å². The van der Waals surface area contributed by atoms with Crippen LogP contribution in [-0.4, -0.2) is 30.9 Å². The van der Waals surface area contributed by atoms with E-state index >= 15 is 0 Å². The number of anilines is 1. The molecule has 1 unspecified atom stereocenters. The van der Waals surface area contributed by atoms with E-state index in [1.165, 1.54) is 12.8 Å². The van der Waals surface area contributed by atoms with Gasteiger partial charge in [0.15, 0.2) is 0 Å². The maximum Gasteiger partial charge on any atom is 0.414 e. The van der Waals surface area contributed by atoms with Gasteiger partial charge in [0.1, 0.15) is 6.10 Å². The Morgan fingerprint density at radius 2 is 1.63 bits per heavy atom. The minimum Gasteiger partial charge on any atom is -0.443 e. The lowest BCUT2D eigenvalue weighted by atomic mass is 9.87. The van der Waals surface area contributed by atoms with Gasteiger partial charge in [0.2, 0.25) is 0 Å². The van der Waals surface area contributed by atoms with Crippen LogP contribution in [0.2, 0.25) is 0 Å². The van der Waals surface area contributed by atoms with Gasteiger partial charge >= 0.3 is 6.09 Å². The van der Waals surface area contributed by atoms with Crippen LogP contribution in [0.15, 0.2) is 30.3 Å². The van der Waals surface area contributed by atoms with Crippen LogP contribution >= 0.6 is 0 Å². The molecule has 0 spiro atoms. The smallest absolute Gasteiger partial charge is 0.414 e. The molecular formula is C26H47NO3. The van der Waals surface area contributed by atoms with Crippen molar-refractivity contribution in [2.45, 2.75) is 100 Å². The van der Waals surface area contributed by atoms with Crippen molar-refractivity contribution in [1.29, 1.82) is 0 Å². The Balaban J connectivity index is 0.00000198. The van der Waals surface area contributed by atoms with Crippen LogP contribution in [0, 0.1) is 11.3 Å². The fourth-order valence-corrected chi connectivity index (χ4v) is 3.17. The Bertz CT molecular complexity index is 581. The Hall–Kier alpha value is -1.55. The van der Waals surface area contributed by atoms with E-state index in [-0.39, 0.29) is 23.2 Å². The van der Waals surface area contributed by atoms with Gasteiger partial charge in [-0.15, -0.1) is 0 Å². The Kier molecular flexibility index (Phi) is 13.0. The zero-order chi connectivity index (χ0) is 23.4. The van der Waals surface area contributed by atoms with Gasteiger partial charge in [0.05, 0.1) is 18.8 Å². The first-order valence-corrected chi connectivity index (χ1v) is 11.8. The quantitative estimate of drug-likeness (QED) is 0.410. The van der Waals surface area contributed by atoms with Crippen LogP contribution in [-0.2, 0) is 9.47 Å². The summed E-state index contributed by atoms with van der Waals surface area (Å²) in [5, 5.41) is 0. The molecule has 30 heavy (non-hydrogen) atoms. The van der Waals surface area contributed by atoms with Crippen molar-refractivity contribution < 1.29 is 14.3 Å². The Morgan fingerprint density at radius 3 is 2.17 bits per heavy atom. The van der Waals surface area contributed by atoms with Gasteiger partial charge in [-0.2, -0.15) is 0 Å². The predicted molar refractivity (Wildman–Crippen MR) is 129 cm³/mol. The van der Waals surface area contributed by atoms with Gasteiger partial charge in [0.25, 0.3) is 0 Å². The minimum absolute atomic E-state index is 0.159. The highest BCUT2D eigenvalue weighted by molar-refractivity contribution is 5.89. The maximum absolute atomic E-state index is 12.3. The number of benzene rings is 1. The second-order valence-corrected chi connectivity index (χ2v) is 9.14. The first kappa shape index (κ1) is 28.5. The molecule has 1 atom stereocenters. The van der Waals surface area contributed by atoms with Crippen LogP contribution in [0.25, 0.3) is 0 Å². The van der Waals surface area contributed by atoms with Crippen molar-refractivity contribution in [2.24, 2.45) is 11.3 Å². The summed E-state index contributed by atoms with van der Waals surface area (Å²) in [6.45, 7) is 22.2. The molecular weight excluding hydrogens is 374 g/mol.